The molecule has 0 aliphatic carbocycles. The molecule has 62 heavy (non-hydrogen) atoms. The van der Waals surface area contributed by atoms with Gasteiger partial charge >= 0.3 is 20.1 Å². The smallest absolute Gasteiger partial charge is 0.304 e. The number of aryl methyl sites for hydroxylation is 1. The molecule has 0 aliphatic heterocycles. The van der Waals surface area contributed by atoms with Crippen LogP contribution in [0.4, 0.5) is 0 Å². The van der Waals surface area contributed by atoms with Crippen LogP contribution in [-0.2, 0) is 20.1 Å². The van der Waals surface area contributed by atoms with Gasteiger partial charge in [0.05, 0.1) is 5.69 Å². The molecule has 10 aromatic rings. The van der Waals surface area contributed by atoms with E-state index in [0.29, 0.717) is 0 Å². The van der Waals surface area contributed by atoms with Crippen LogP contribution >= 0.6 is 0 Å². The Morgan fingerprint density at radius 3 is 1.47 bits per heavy atom. The van der Waals surface area contributed by atoms with Gasteiger partial charge in [0, 0.05) is 29.1 Å². The summed E-state index contributed by atoms with van der Waals surface area (Å²) >= 11 is 0. The predicted molar refractivity (Wildman–Crippen MR) is 250 cm³/mol. The Kier molecular flexibility index (Phi) is 11.7. The molecule has 4 heteroatoms. The van der Waals surface area contributed by atoms with Gasteiger partial charge in [0.25, 0.3) is 0 Å². The minimum absolute atomic E-state index is 0. The van der Waals surface area contributed by atoms with Gasteiger partial charge in [-0.1, -0.05) is 121 Å². The summed E-state index contributed by atoms with van der Waals surface area (Å²) in [7, 11) is 0. The van der Waals surface area contributed by atoms with Crippen LogP contribution in [0.25, 0.3) is 101 Å². The third-order valence-electron chi connectivity index (χ3n) is 11.1. The van der Waals surface area contributed by atoms with E-state index in [0.717, 1.165) is 106 Å². The van der Waals surface area contributed by atoms with Crippen molar-refractivity contribution < 1.29 is 20.1 Å². The number of hydrogen-bond acceptors (Lipinski definition) is 3. The fourth-order valence-corrected chi connectivity index (χ4v) is 8.10. The van der Waals surface area contributed by atoms with Crippen LogP contribution in [0.1, 0.15) is 5.56 Å². The molecule has 3 nitrogen and oxygen atoms in total. The minimum atomic E-state index is 0. The summed E-state index contributed by atoms with van der Waals surface area (Å²) < 4.78 is 0. The van der Waals surface area contributed by atoms with Crippen molar-refractivity contribution >= 4 is 0 Å². The third kappa shape index (κ3) is 8.10. The molecular weight excluding hydrogens is 931 g/mol. The first-order valence-electron chi connectivity index (χ1n) is 20.4. The van der Waals surface area contributed by atoms with Crippen molar-refractivity contribution in [3.63, 3.8) is 0 Å². The van der Waals surface area contributed by atoms with Gasteiger partial charge in [-0.25, -0.2) is 0 Å². The first kappa shape index (κ1) is 40.1. The zero-order valence-corrected chi connectivity index (χ0v) is 36.3. The Morgan fingerprint density at radius 1 is 0.339 bits per heavy atom. The van der Waals surface area contributed by atoms with E-state index in [2.05, 4.69) is 165 Å². The molecule has 0 saturated carbocycles. The maximum absolute atomic E-state index is 5.48. The Labute approximate surface area is 376 Å². The topological polar surface area (TPSA) is 38.7 Å². The molecule has 0 fully saturated rings. The van der Waals surface area contributed by atoms with Crippen LogP contribution in [-0.4, -0.2) is 15.0 Å². The zero-order valence-electron chi connectivity index (χ0n) is 33.9. The number of pyridine rings is 3. The molecule has 7 aromatic carbocycles. The van der Waals surface area contributed by atoms with E-state index in [9.17, 15) is 0 Å². The van der Waals surface area contributed by atoms with Gasteiger partial charge in [0.1, 0.15) is 0 Å². The number of rotatable bonds is 9. The minimum Gasteiger partial charge on any atom is -0.304 e. The molecule has 10 rings (SSSR count). The van der Waals surface area contributed by atoms with Gasteiger partial charge in [0.2, 0.25) is 0 Å². The van der Waals surface area contributed by atoms with Crippen molar-refractivity contribution in [3.8, 4) is 101 Å². The van der Waals surface area contributed by atoms with E-state index in [1.165, 1.54) is 0 Å². The molecule has 0 atom stereocenters. The summed E-state index contributed by atoms with van der Waals surface area (Å²) in [6.45, 7) is 2.16. The number of aromatic nitrogens is 3. The van der Waals surface area contributed by atoms with Gasteiger partial charge in [-0.15, -0.1) is 108 Å². The van der Waals surface area contributed by atoms with Gasteiger partial charge < -0.3 is 9.97 Å². The average molecular weight is 969 g/mol. The number of benzene rings is 7. The second kappa shape index (κ2) is 18.1. The van der Waals surface area contributed by atoms with E-state index in [1.807, 2.05) is 73.1 Å². The quantitative estimate of drug-likeness (QED) is 0.135. The van der Waals surface area contributed by atoms with Crippen molar-refractivity contribution in [1.29, 1.82) is 0 Å². The first-order valence-corrected chi connectivity index (χ1v) is 20.4. The van der Waals surface area contributed by atoms with Crippen molar-refractivity contribution in [2.75, 3.05) is 0 Å². The molecule has 0 aliphatic rings. The number of nitrogens with zero attached hydrogens (tertiary/aromatic N) is 3. The van der Waals surface area contributed by atoms with E-state index in [4.69, 9.17) is 15.0 Å². The average Bonchev–Trinajstić information content (AvgIpc) is 3.35. The summed E-state index contributed by atoms with van der Waals surface area (Å²) in [4.78, 5) is 15.3. The van der Waals surface area contributed by atoms with Gasteiger partial charge in [0.15, 0.2) is 0 Å². The molecule has 3 aromatic heterocycles. The van der Waals surface area contributed by atoms with Crippen LogP contribution < -0.4 is 0 Å². The SMILES string of the molecule is Cc1cc(-c2[c-]cccc2)ncc1-c1ccccc1-c1ccc(-c2nc(-c3[c-]cccc3)ccc2-c2ccccc2)c(-c2ccccc2-c2ccc(-c3[c-]cccc3)nc2)c1.[Ir+3]. The predicted octanol–water partition coefficient (Wildman–Crippen LogP) is 14.6. The molecule has 0 amide bonds. The fourth-order valence-electron chi connectivity index (χ4n) is 8.10. The van der Waals surface area contributed by atoms with Crippen LogP contribution in [0.2, 0.25) is 0 Å². The van der Waals surface area contributed by atoms with E-state index >= 15 is 0 Å². The first-order chi connectivity index (χ1) is 30.2. The maximum Gasteiger partial charge on any atom is 3.00 e. The Balaban J connectivity index is 0.00000490. The zero-order chi connectivity index (χ0) is 41.0. The molecule has 0 bridgehead atoms. The number of hydrogen-bond donors (Lipinski definition) is 0. The molecule has 0 N–H and O–H groups in total. The summed E-state index contributed by atoms with van der Waals surface area (Å²) in [6.07, 6.45) is 3.97. The van der Waals surface area contributed by atoms with Crippen LogP contribution in [0.5, 0.6) is 0 Å². The van der Waals surface area contributed by atoms with E-state index < -0.39 is 0 Å². The summed E-state index contributed by atoms with van der Waals surface area (Å²) in [6, 6.07) is 79.3. The Bertz CT molecular complexity index is 3110. The van der Waals surface area contributed by atoms with Crippen LogP contribution in [0.15, 0.2) is 213 Å². The Morgan fingerprint density at radius 2 is 0.855 bits per heavy atom. The van der Waals surface area contributed by atoms with Crippen LogP contribution in [0.3, 0.4) is 0 Å². The van der Waals surface area contributed by atoms with Crippen molar-refractivity contribution in [2.24, 2.45) is 0 Å². The molecule has 3 heterocycles. The van der Waals surface area contributed by atoms with E-state index in [1.54, 1.807) is 0 Å². The van der Waals surface area contributed by atoms with Gasteiger partial charge in [-0.05, 0) is 80.1 Å². The molecule has 0 saturated heterocycles. The van der Waals surface area contributed by atoms with Gasteiger partial charge in [-0.3, -0.25) is 4.98 Å². The van der Waals surface area contributed by atoms with E-state index in [-0.39, 0.29) is 20.1 Å². The molecule has 294 valence electrons. The summed E-state index contributed by atoms with van der Waals surface area (Å²) in [5.41, 5.74) is 19.4. The summed E-state index contributed by atoms with van der Waals surface area (Å²) in [5, 5.41) is 0. The second-order valence-corrected chi connectivity index (χ2v) is 15.0. The molecule has 0 unspecified atom stereocenters. The molecule has 0 radical (unpaired) electrons. The summed E-state index contributed by atoms with van der Waals surface area (Å²) in [5.74, 6) is 0. The second-order valence-electron chi connectivity index (χ2n) is 15.0. The van der Waals surface area contributed by atoms with Gasteiger partial charge in [-0.2, -0.15) is 0 Å². The van der Waals surface area contributed by atoms with Crippen LogP contribution in [0, 0.1) is 25.1 Å². The molecule has 0 spiro atoms. The standard InChI is InChI=1S/C58H38N3.Ir/c1-40-36-57(44-24-12-5-13-25-44)60-39-54(40)51-29-17-14-26-47(51)45-30-32-52(58-49(41-18-6-2-7-19-41)33-35-56(61-58)43-22-10-4-11-23-43)53(37-45)50-28-16-15-27-48(50)46-31-34-55(59-38-46)42-20-8-3-9-21-42;/h2-20,22,24,26-39H,1H3;/q-3;+3. The monoisotopic (exact) mass is 969 g/mol. The fraction of sp³-hybridized carbons (Fsp3) is 0.0172. The largest absolute Gasteiger partial charge is 3.00 e. The molecular formula is C58H38IrN3. The third-order valence-corrected chi connectivity index (χ3v) is 11.1. The van der Waals surface area contributed by atoms with Crippen molar-refractivity contribution in [1.82, 2.24) is 15.0 Å². The normalized spacial score (nSPS) is 10.9. The Hall–Kier alpha value is -7.36. The van der Waals surface area contributed by atoms with Crippen molar-refractivity contribution in [3.05, 3.63) is 236 Å². The van der Waals surface area contributed by atoms with Crippen molar-refractivity contribution in [2.45, 2.75) is 6.92 Å². The maximum atomic E-state index is 5.48.